The number of carboxylic acid groups (broad SMARTS) is 1. The number of carbonyl (C=O) groups is 2. The zero-order valence-corrected chi connectivity index (χ0v) is 11.6. The molecule has 0 saturated heterocycles. The summed E-state index contributed by atoms with van der Waals surface area (Å²) in [6.45, 7) is 0. The van der Waals surface area contributed by atoms with Gasteiger partial charge in [0.1, 0.15) is 5.54 Å². The van der Waals surface area contributed by atoms with Crippen LogP contribution in [-0.4, -0.2) is 36.7 Å². The molecule has 1 saturated carbocycles. The molecule has 3 N–H and O–H groups in total. The second-order valence-corrected chi connectivity index (χ2v) is 5.26. The fourth-order valence-electron chi connectivity index (χ4n) is 2.16. The predicted octanol–water partition coefficient (Wildman–Crippen LogP) is 1.88. The third-order valence-corrected chi connectivity index (χ3v) is 3.59. The molecule has 0 heterocycles. The maximum Gasteiger partial charge on any atom is 0.329 e. The Morgan fingerprint density at radius 3 is 2.50 bits per heavy atom. The van der Waals surface area contributed by atoms with Crippen molar-refractivity contribution in [3.05, 3.63) is 24.3 Å². The number of anilines is 2. The van der Waals surface area contributed by atoms with E-state index < -0.39 is 17.5 Å². The van der Waals surface area contributed by atoms with Crippen LogP contribution in [0.5, 0.6) is 0 Å². The van der Waals surface area contributed by atoms with E-state index in [2.05, 4.69) is 10.6 Å². The molecule has 0 aromatic heterocycles. The number of urea groups is 1. The van der Waals surface area contributed by atoms with Crippen LogP contribution in [0.3, 0.4) is 0 Å². The number of hydrogen-bond acceptors (Lipinski definition) is 3. The Bertz CT molecular complexity index is 524. The highest BCUT2D eigenvalue weighted by Gasteiger charge is 2.45. The van der Waals surface area contributed by atoms with E-state index in [9.17, 15) is 9.59 Å². The number of aliphatic carboxylic acids is 1. The Morgan fingerprint density at radius 2 is 2.00 bits per heavy atom. The van der Waals surface area contributed by atoms with Crippen molar-refractivity contribution in [2.24, 2.45) is 0 Å². The van der Waals surface area contributed by atoms with Gasteiger partial charge in [-0.25, -0.2) is 9.59 Å². The van der Waals surface area contributed by atoms with Crippen molar-refractivity contribution in [3.63, 3.8) is 0 Å². The fraction of sp³-hybridized carbons (Fsp3) is 0.429. The van der Waals surface area contributed by atoms with Gasteiger partial charge in [-0.15, -0.1) is 0 Å². The highest BCUT2D eigenvalue weighted by molar-refractivity contribution is 5.94. The number of carbonyl (C=O) groups excluding carboxylic acids is 1. The number of hydrogen-bond donors (Lipinski definition) is 3. The van der Waals surface area contributed by atoms with Crippen LogP contribution < -0.4 is 15.5 Å². The lowest BCUT2D eigenvalue weighted by molar-refractivity contribution is -0.148. The summed E-state index contributed by atoms with van der Waals surface area (Å²) in [5.41, 5.74) is 0.497. The minimum atomic E-state index is -1.09. The zero-order chi connectivity index (χ0) is 14.8. The Hall–Kier alpha value is -2.24. The second kappa shape index (κ2) is 5.40. The lowest BCUT2D eigenvalue weighted by Crippen LogP contribution is -2.60. The van der Waals surface area contributed by atoms with Gasteiger partial charge in [-0.3, -0.25) is 0 Å². The average Bonchev–Trinajstić information content (AvgIpc) is 2.33. The van der Waals surface area contributed by atoms with Gasteiger partial charge in [-0.2, -0.15) is 0 Å². The van der Waals surface area contributed by atoms with E-state index in [0.29, 0.717) is 18.5 Å². The minimum Gasteiger partial charge on any atom is -0.480 e. The summed E-state index contributed by atoms with van der Waals surface area (Å²) in [7, 11) is 3.82. The monoisotopic (exact) mass is 277 g/mol. The molecule has 1 aromatic carbocycles. The van der Waals surface area contributed by atoms with Crippen LogP contribution >= 0.6 is 0 Å². The van der Waals surface area contributed by atoms with Gasteiger partial charge >= 0.3 is 12.0 Å². The Kier molecular flexibility index (Phi) is 3.83. The standard InChI is InChI=1S/C14H19N3O3/c1-17(2)11-6-3-5-10(9-11)15-13(20)16-14(12(18)19)7-4-8-14/h3,5-6,9H,4,7-8H2,1-2H3,(H,18,19)(H2,15,16,20). The number of benzene rings is 1. The highest BCUT2D eigenvalue weighted by atomic mass is 16.4. The minimum absolute atomic E-state index is 0.480. The fourth-order valence-corrected chi connectivity index (χ4v) is 2.16. The van der Waals surface area contributed by atoms with Crippen LogP contribution in [0, 0.1) is 0 Å². The highest BCUT2D eigenvalue weighted by Crippen LogP contribution is 2.32. The molecule has 2 rings (SSSR count). The van der Waals surface area contributed by atoms with E-state index in [-0.39, 0.29) is 0 Å². The van der Waals surface area contributed by atoms with E-state index in [0.717, 1.165) is 12.1 Å². The largest absolute Gasteiger partial charge is 0.480 e. The number of rotatable bonds is 4. The summed E-state index contributed by atoms with van der Waals surface area (Å²) in [6, 6.07) is 6.87. The lowest BCUT2D eigenvalue weighted by atomic mass is 9.77. The summed E-state index contributed by atoms with van der Waals surface area (Å²) >= 11 is 0. The molecule has 1 aliphatic rings. The predicted molar refractivity (Wildman–Crippen MR) is 77.1 cm³/mol. The lowest BCUT2D eigenvalue weighted by Gasteiger charge is -2.38. The second-order valence-electron chi connectivity index (χ2n) is 5.26. The first kappa shape index (κ1) is 14.2. The van der Waals surface area contributed by atoms with Gasteiger partial charge in [0.15, 0.2) is 0 Å². The number of nitrogens with zero attached hydrogens (tertiary/aromatic N) is 1. The molecular formula is C14H19N3O3. The van der Waals surface area contributed by atoms with Gasteiger partial charge in [0, 0.05) is 25.5 Å². The summed E-state index contributed by atoms with van der Waals surface area (Å²) in [4.78, 5) is 25.0. The quantitative estimate of drug-likeness (QED) is 0.785. The van der Waals surface area contributed by atoms with Crippen LogP contribution in [0.1, 0.15) is 19.3 Å². The molecule has 108 valence electrons. The van der Waals surface area contributed by atoms with E-state index >= 15 is 0 Å². The van der Waals surface area contributed by atoms with Gasteiger partial charge in [-0.05, 0) is 37.5 Å². The molecule has 6 nitrogen and oxygen atoms in total. The van der Waals surface area contributed by atoms with Gasteiger partial charge in [0.05, 0.1) is 0 Å². The van der Waals surface area contributed by atoms with Crippen molar-refractivity contribution in [1.82, 2.24) is 5.32 Å². The Balaban J connectivity index is 2.01. The Labute approximate surface area is 117 Å². The summed E-state index contributed by atoms with van der Waals surface area (Å²) in [5, 5.41) is 14.4. The molecule has 0 aliphatic heterocycles. The SMILES string of the molecule is CN(C)c1cccc(NC(=O)NC2(C(=O)O)CCC2)c1. The van der Waals surface area contributed by atoms with Crippen LogP contribution in [0.25, 0.3) is 0 Å². The smallest absolute Gasteiger partial charge is 0.329 e. The van der Waals surface area contributed by atoms with Crippen LogP contribution in [0.4, 0.5) is 16.2 Å². The summed E-state index contributed by atoms with van der Waals surface area (Å²) in [5.74, 6) is -0.971. The van der Waals surface area contributed by atoms with Crippen molar-refractivity contribution in [2.75, 3.05) is 24.3 Å². The average molecular weight is 277 g/mol. The maximum atomic E-state index is 11.9. The molecule has 0 bridgehead atoms. The third kappa shape index (κ3) is 2.84. The van der Waals surface area contributed by atoms with Gasteiger partial charge < -0.3 is 20.6 Å². The zero-order valence-electron chi connectivity index (χ0n) is 11.6. The molecule has 0 atom stereocenters. The molecule has 2 amide bonds. The molecule has 20 heavy (non-hydrogen) atoms. The molecule has 0 unspecified atom stereocenters. The maximum absolute atomic E-state index is 11.9. The van der Waals surface area contributed by atoms with Gasteiger partial charge in [0.25, 0.3) is 0 Å². The van der Waals surface area contributed by atoms with Crippen molar-refractivity contribution < 1.29 is 14.7 Å². The topological polar surface area (TPSA) is 81.7 Å². The molecule has 1 fully saturated rings. The first-order valence-corrected chi connectivity index (χ1v) is 6.53. The van der Waals surface area contributed by atoms with Gasteiger partial charge in [0.2, 0.25) is 0 Å². The van der Waals surface area contributed by atoms with Crippen molar-refractivity contribution in [2.45, 2.75) is 24.8 Å². The molecule has 0 radical (unpaired) electrons. The number of carboxylic acids is 1. The van der Waals surface area contributed by atoms with E-state index in [1.54, 1.807) is 6.07 Å². The molecule has 1 aromatic rings. The van der Waals surface area contributed by atoms with Crippen molar-refractivity contribution in [1.29, 1.82) is 0 Å². The number of amides is 2. The van der Waals surface area contributed by atoms with E-state index in [1.165, 1.54) is 0 Å². The normalized spacial score (nSPS) is 15.9. The van der Waals surface area contributed by atoms with E-state index in [4.69, 9.17) is 5.11 Å². The van der Waals surface area contributed by atoms with E-state index in [1.807, 2.05) is 37.2 Å². The number of nitrogens with one attached hydrogen (secondary N) is 2. The summed E-state index contributed by atoms with van der Waals surface area (Å²) < 4.78 is 0. The van der Waals surface area contributed by atoms with Crippen molar-refractivity contribution in [3.8, 4) is 0 Å². The first-order chi connectivity index (χ1) is 9.43. The Morgan fingerprint density at radius 1 is 1.30 bits per heavy atom. The summed E-state index contributed by atoms with van der Waals surface area (Å²) in [6.07, 6.45) is 1.78. The van der Waals surface area contributed by atoms with Crippen LogP contribution in [-0.2, 0) is 4.79 Å². The molecule has 1 aliphatic carbocycles. The first-order valence-electron chi connectivity index (χ1n) is 6.53. The van der Waals surface area contributed by atoms with Crippen molar-refractivity contribution >= 4 is 23.4 Å². The third-order valence-electron chi connectivity index (χ3n) is 3.59. The molecule has 6 heteroatoms. The molecule has 0 spiro atoms. The van der Waals surface area contributed by atoms with Crippen LogP contribution in [0.2, 0.25) is 0 Å². The van der Waals surface area contributed by atoms with Gasteiger partial charge in [-0.1, -0.05) is 6.07 Å². The molecular weight excluding hydrogens is 258 g/mol. The van der Waals surface area contributed by atoms with Crippen LogP contribution in [0.15, 0.2) is 24.3 Å².